The van der Waals surface area contributed by atoms with Gasteiger partial charge in [0, 0.05) is 19.3 Å². The van der Waals surface area contributed by atoms with Gasteiger partial charge in [-0.2, -0.15) is 0 Å². The van der Waals surface area contributed by atoms with Crippen molar-refractivity contribution in [1.29, 1.82) is 0 Å². The Kier molecular flexibility index (Phi) is 6.18. The lowest BCUT2D eigenvalue weighted by Crippen LogP contribution is -2.66. The van der Waals surface area contributed by atoms with Crippen LogP contribution in [0.3, 0.4) is 0 Å². The van der Waals surface area contributed by atoms with Crippen LogP contribution in [0.1, 0.15) is 18.8 Å². The zero-order valence-electron chi connectivity index (χ0n) is 13.8. The first kappa shape index (κ1) is 17.8. The fourth-order valence-electron chi connectivity index (χ4n) is 2.92. The second-order valence-corrected chi connectivity index (χ2v) is 5.66. The Labute approximate surface area is 141 Å². The molecule has 134 valence electrons. The van der Waals surface area contributed by atoms with Crippen LogP contribution in [0.15, 0.2) is 30.3 Å². The van der Waals surface area contributed by atoms with Gasteiger partial charge in [0.25, 0.3) is 0 Å². The number of ether oxygens (including phenoxy) is 6. The van der Waals surface area contributed by atoms with Crippen molar-refractivity contribution in [3.63, 3.8) is 0 Å². The van der Waals surface area contributed by atoms with Crippen LogP contribution >= 0.6 is 0 Å². The van der Waals surface area contributed by atoms with Gasteiger partial charge in [0.1, 0.15) is 25.3 Å². The van der Waals surface area contributed by atoms with Gasteiger partial charge in [-0.25, -0.2) is 0 Å². The molecule has 2 aliphatic rings. The molecule has 0 saturated carbocycles. The minimum Gasteiger partial charge on any atom is -0.846 e. The summed E-state index contributed by atoms with van der Waals surface area (Å²) in [4.78, 5) is 0. The van der Waals surface area contributed by atoms with Gasteiger partial charge < -0.3 is 33.5 Å². The molecule has 7 heteroatoms. The minimum atomic E-state index is -1.23. The predicted octanol–water partition coefficient (Wildman–Crippen LogP) is 0.580. The summed E-state index contributed by atoms with van der Waals surface area (Å²) in [7, 11) is 1.44. The van der Waals surface area contributed by atoms with Crippen LogP contribution in [0.4, 0.5) is 0 Å². The molecule has 2 aliphatic heterocycles. The third-order valence-corrected chi connectivity index (χ3v) is 4.14. The normalized spacial score (nSPS) is 36.3. The molecule has 0 spiro atoms. The van der Waals surface area contributed by atoms with Crippen LogP contribution in [-0.2, 0) is 28.4 Å². The van der Waals surface area contributed by atoms with Crippen molar-refractivity contribution in [2.24, 2.45) is 0 Å². The molecule has 0 amide bonds. The highest BCUT2D eigenvalue weighted by Gasteiger charge is 2.46. The van der Waals surface area contributed by atoms with E-state index >= 15 is 0 Å². The predicted molar refractivity (Wildman–Crippen MR) is 80.8 cm³/mol. The molecule has 7 nitrogen and oxygen atoms in total. The summed E-state index contributed by atoms with van der Waals surface area (Å²) < 4.78 is 33.4. The Morgan fingerprint density at radius 3 is 2.71 bits per heavy atom. The van der Waals surface area contributed by atoms with Gasteiger partial charge >= 0.3 is 0 Å². The van der Waals surface area contributed by atoms with E-state index in [1.807, 2.05) is 37.3 Å². The van der Waals surface area contributed by atoms with Gasteiger partial charge in [-0.05, 0) is 13.0 Å². The summed E-state index contributed by atoms with van der Waals surface area (Å²) >= 11 is 0. The Balaban J connectivity index is 1.73. The van der Waals surface area contributed by atoms with E-state index in [2.05, 4.69) is 0 Å². The molecule has 0 aliphatic carbocycles. The zero-order valence-corrected chi connectivity index (χ0v) is 13.8. The molecule has 0 radical (unpaired) electrons. The van der Waals surface area contributed by atoms with Gasteiger partial charge in [-0.3, -0.25) is 0 Å². The van der Waals surface area contributed by atoms with Crippen LogP contribution in [0.5, 0.6) is 0 Å². The maximum absolute atomic E-state index is 12.6. The zero-order chi connectivity index (χ0) is 16.9. The van der Waals surface area contributed by atoms with Gasteiger partial charge in [0.05, 0.1) is 12.7 Å². The fraction of sp³-hybridized carbons (Fsp3) is 0.647. The van der Waals surface area contributed by atoms with Gasteiger partial charge in [-0.1, -0.05) is 30.3 Å². The Hall–Kier alpha value is -1.06. The summed E-state index contributed by atoms with van der Waals surface area (Å²) in [6.07, 6.45) is -4.40. The van der Waals surface area contributed by atoms with Crippen molar-refractivity contribution in [2.75, 3.05) is 27.1 Å². The maximum atomic E-state index is 12.6. The average Bonchev–Trinajstić information content (AvgIpc) is 2.63. The van der Waals surface area contributed by atoms with E-state index in [1.54, 1.807) is 0 Å². The average molecular weight is 339 g/mol. The largest absolute Gasteiger partial charge is 0.846 e. The van der Waals surface area contributed by atoms with Crippen molar-refractivity contribution >= 4 is 0 Å². The van der Waals surface area contributed by atoms with Gasteiger partial charge in [0.2, 0.25) is 0 Å². The number of benzene rings is 1. The molecule has 1 aromatic carbocycles. The van der Waals surface area contributed by atoms with Crippen LogP contribution in [0, 0.1) is 0 Å². The van der Waals surface area contributed by atoms with Gasteiger partial charge in [-0.15, -0.1) is 0 Å². The quantitative estimate of drug-likeness (QED) is 0.554. The second-order valence-electron chi connectivity index (χ2n) is 5.66. The molecule has 2 saturated heterocycles. The van der Waals surface area contributed by atoms with Crippen LogP contribution < -0.4 is 5.11 Å². The van der Waals surface area contributed by atoms with E-state index in [4.69, 9.17) is 28.4 Å². The molecule has 6 atom stereocenters. The van der Waals surface area contributed by atoms with Gasteiger partial charge in [0.15, 0.2) is 6.29 Å². The molecular formula is C17H23O7-. The minimum absolute atomic E-state index is 0.0276. The molecule has 3 rings (SSSR count). The number of methoxy groups -OCH3 is 1. The van der Waals surface area contributed by atoms with Crippen molar-refractivity contribution in [3.8, 4) is 0 Å². The first-order valence-electron chi connectivity index (χ1n) is 8.10. The first-order chi connectivity index (χ1) is 11.7. The lowest BCUT2D eigenvalue weighted by Gasteiger charge is -2.51. The Morgan fingerprint density at radius 1 is 1.21 bits per heavy atom. The topological polar surface area (TPSA) is 78.4 Å². The van der Waals surface area contributed by atoms with Crippen molar-refractivity contribution < 1.29 is 33.5 Å². The number of fused-ring (bicyclic) bond motifs is 1. The number of rotatable bonds is 6. The van der Waals surface area contributed by atoms with Crippen LogP contribution in [-0.4, -0.2) is 57.8 Å². The number of hydrogen-bond donors (Lipinski definition) is 0. The second kappa shape index (κ2) is 8.35. The molecule has 1 unspecified atom stereocenters. The van der Waals surface area contributed by atoms with E-state index in [1.165, 1.54) is 7.11 Å². The highest BCUT2D eigenvalue weighted by molar-refractivity contribution is 5.16. The summed E-state index contributed by atoms with van der Waals surface area (Å²) in [6, 6.07) is 9.57. The Bertz CT molecular complexity index is 497. The molecule has 2 fully saturated rings. The molecule has 2 heterocycles. The van der Waals surface area contributed by atoms with Crippen LogP contribution in [0.25, 0.3) is 0 Å². The maximum Gasteiger partial charge on any atom is 0.184 e. The van der Waals surface area contributed by atoms with Crippen molar-refractivity contribution in [2.45, 2.75) is 43.9 Å². The van der Waals surface area contributed by atoms with E-state index in [-0.39, 0.29) is 6.79 Å². The third-order valence-electron chi connectivity index (χ3n) is 4.14. The lowest BCUT2D eigenvalue weighted by atomic mass is 9.97. The van der Waals surface area contributed by atoms with E-state index in [0.29, 0.717) is 13.2 Å². The smallest absolute Gasteiger partial charge is 0.184 e. The standard InChI is InChI=1S/C17H23O7/c1-3-20-10-22-15-13(18)17(19-2)23-12-9-21-16(24-14(12)15)11-7-5-4-6-8-11/h4-8,12-17H,3,9-10H2,1-2H3/q-1/t12-,13+,14-,15-,16?,17-/m1/s1. The van der Waals surface area contributed by atoms with E-state index in [9.17, 15) is 5.11 Å². The fourth-order valence-corrected chi connectivity index (χ4v) is 2.92. The third kappa shape index (κ3) is 3.78. The molecule has 1 aromatic rings. The summed E-state index contributed by atoms with van der Waals surface area (Å²) in [5.74, 6) is 0. The van der Waals surface area contributed by atoms with Crippen LogP contribution in [0.2, 0.25) is 0 Å². The number of hydrogen-bond acceptors (Lipinski definition) is 7. The molecule has 0 aromatic heterocycles. The summed E-state index contributed by atoms with van der Waals surface area (Å²) in [5, 5.41) is 12.6. The van der Waals surface area contributed by atoms with Crippen molar-refractivity contribution in [3.05, 3.63) is 35.9 Å². The first-order valence-corrected chi connectivity index (χ1v) is 8.10. The van der Waals surface area contributed by atoms with Crippen molar-refractivity contribution in [1.82, 2.24) is 0 Å². The summed E-state index contributed by atoms with van der Waals surface area (Å²) in [6.45, 7) is 2.69. The molecule has 0 bridgehead atoms. The van der Waals surface area contributed by atoms with E-state index < -0.39 is 37.0 Å². The monoisotopic (exact) mass is 339 g/mol. The highest BCUT2D eigenvalue weighted by atomic mass is 16.8. The molecule has 0 N–H and O–H groups in total. The van der Waals surface area contributed by atoms with E-state index in [0.717, 1.165) is 5.56 Å². The molecule has 24 heavy (non-hydrogen) atoms. The lowest BCUT2D eigenvalue weighted by molar-refractivity contribution is -0.512. The highest BCUT2D eigenvalue weighted by Crippen LogP contribution is 2.34. The SMILES string of the molecule is CCOCO[C@@H]1[C@H]([O-])[C@H](OC)O[C@@H]2COC(c3ccccc3)O[C@@H]12. The Morgan fingerprint density at radius 2 is 2.00 bits per heavy atom. The molecular weight excluding hydrogens is 316 g/mol. The summed E-state index contributed by atoms with van der Waals surface area (Å²) in [5.41, 5.74) is 0.885.